The molecule has 0 aliphatic rings. The maximum Gasteiger partial charge on any atom is 0.0385 e. The van der Waals surface area contributed by atoms with Crippen LogP contribution in [0.5, 0.6) is 0 Å². The van der Waals surface area contributed by atoms with Crippen LogP contribution in [-0.4, -0.2) is 9.97 Å². The molecule has 0 aromatic carbocycles. The van der Waals surface area contributed by atoms with Crippen LogP contribution in [0.2, 0.25) is 0 Å². The third-order valence-electron chi connectivity index (χ3n) is 3.51. The Hall–Kier alpha value is -1.42. The Balaban J connectivity index is 0.00000121. The monoisotopic (exact) mass is 352 g/mol. The van der Waals surface area contributed by atoms with Gasteiger partial charge in [0.25, 0.3) is 0 Å². The number of aromatic nitrogens is 2. The van der Waals surface area contributed by atoms with Crippen molar-refractivity contribution in [3.05, 3.63) is 60.2 Å². The quantitative estimate of drug-likeness (QED) is 0.614. The van der Waals surface area contributed by atoms with E-state index in [1.165, 1.54) is 32.0 Å². The molecule has 0 saturated heterocycles. The van der Waals surface area contributed by atoms with Crippen molar-refractivity contribution < 1.29 is 0 Å². The zero-order valence-electron chi connectivity index (χ0n) is 12.4. The average Bonchev–Trinajstić information content (AvgIpc) is 2.86. The fourth-order valence-corrected chi connectivity index (χ4v) is 3.90. The maximum absolute atomic E-state index is 4.11. The summed E-state index contributed by atoms with van der Waals surface area (Å²) in [6.07, 6.45) is 8.47. The molecule has 3 rings (SSSR count). The van der Waals surface area contributed by atoms with E-state index in [0.717, 1.165) is 6.42 Å². The number of rotatable bonds is 3. The summed E-state index contributed by atoms with van der Waals surface area (Å²) in [7, 11) is 0. The highest BCUT2D eigenvalue weighted by Gasteiger charge is 2.15. The largest absolute Gasteiger partial charge is 0.265 e. The summed E-state index contributed by atoms with van der Waals surface area (Å²) < 4.78 is 0. The number of pyridine rings is 2. The van der Waals surface area contributed by atoms with E-state index in [0.29, 0.717) is 0 Å². The topological polar surface area (TPSA) is 25.8 Å². The second kappa shape index (κ2) is 8.28. The summed E-state index contributed by atoms with van der Waals surface area (Å²) in [5.41, 5.74) is 5.33. The minimum Gasteiger partial charge on any atom is -0.265 e. The molecule has 5 heteroatoms. The number of thiophene rings is 1. The Morgan fingerprint density at radius 1 is 0.818 bits per heavy atom. The molecule has 0 aliphatic heterocycles. The fourth-order valence-electron chi connectivity index (χ4n) is 2.49. The van der Waals surface area contributed by atoms with E-state index < -0.39 is 0 Å². The molecule has 0 radical (unpaired) electrons. The van der Waals surface area contributed by atoms with Crippen molar-refractivity contribution in [2.45, 2.75) is 20.3 Å². The van der Waals surface area contributed by atoms with Gasteiger partial charge in [-0.25, -0.2) is 0 Å². The van der Waals surface area contributed by atoms with E-state index in [1.807, 2.05) is 36.1 Å². The minimum absolute atomic E-state index is 0. The van der Waals surface area contributed by atoms with Gasteiger partial charge in [0.2, 0.25) is 0 Å². The molecule has 0 aliphatic carbocycles. The van der Waals surface area contributed by atoms with Crippen molar-refractivity contribution in [1.82, 2.24) is 9.97 Å². The lowest BCUT2D eigenvalue weighted by Crippen LogP contribution is -1.85. The van der Waals surface area contributed by atoms with Crippen molar-refractivity contribution in [2.75, 3.05) is 0 Å². The molecule has 0 fully saturated rings. The van der Waals surface area contributed by atoms with Crippen LogP contribution in [0.3, 0.4) is 0 Å². The van der Waals surface area contributed by atoms with Crippen LogP contribution in [-0.2, 0) is 6.42 Å². The third-order valence-corrected chi connectivity index (χ3v) is 4.94. The Morgan fingerprint density at radius 2 is 1.27 bits per heavy atom. The molecule has 0 bridgehead atoms. The van der Waals surface area contributed by atoms with Gasteiger partial charge in [-0.2, -0.15) is 0 Å². The van der Waals surface area contributed by atoms with Gasteiger partial charge in [-0.15, -0.1) is 36.2 Å². The van der Waals surface area contributed by atoms with E-state index >= 15 is 0 Å². The lowest BCUT2D eigenvalue weighted by atomic mass is 10.0. The van der Waals surface area contributed by atoms with E-state index in [-0.39, 0.29) is 24.8 Å². The molecule has 2 nitrogen and oxygen atoms in total. The number of nitrogens with zero attached hydrogens (tertiary/aromatic N) is 2. The first-order chi connectivity index (χ1) is 9.81. The van der Waals surface area contributed by atoms with Crippen LogP contribution >= 0.6 is 36.2 Å². The Labute approximate surface area is 147 Å². The summed E-state index contributed by atoms with van der Waals surface area (Å²) in [5, 5.41) is 0. The van der Waals surface area contributed by atoms with E-state index in [9.17, 15) is 0 Å². The van der Waals surface area contributed by atoms with Gasteiger partial charge in [-0.3, -0.25) is 9.97 Å². The van der Waals surface area contributed by atoms with Crippen LogP contribution in [0.4, 0.5) is 0 Å². The molecule has 3 aromatic rings. The van der Waals surface area contributed by atoms with Crippen molar-refractivity contribution >= 4 is 36.2 Å². The number of hydrogen-bond donors (Lipinski definition) is 0. The highest BCUT2D eigenvalue weighted by atomic mass is 35.5. The highest BCUT2D eigenvalue weighted by molar-refractivity contribution is 7.19. The lowest BCUT2D eigenvalue weighted by molar-refractivity contribution is 1.13. The van der Waals surface area contributed by atoms with Crippen LogP contribution in [0.1, 0.15) is 18.1 Å². The van der Waals surface area contributed by atoms with E-state index in [4.69, 9.17) is 0 Å². The fraction of sp³-hybridized carbons (Fsp3) is 0.176. The van der Waals surface area contributed by atoms with Gasteiger partial charge < -0.3 is 0 Å². The number of halogens is 2. The van der Waals surface area contributed by atoms with Crippen LogP contribution in [0.25, 0.3) is 20.9 Å². The van der Waals surface area contributed by atoms with Crippen molar-refractivity contribution in [3.63, 3.8) is 0 Å². The minimum atomic E-state index is 0. The first kappa shape index (κ1) is 18.6. The van der Waals surface area contributed by atoms with E-state index in [2.05, 4.69) is 48.1 Å². The van der Waals surface area contributed by atoms with Gasteiger partial charge in [0.05, 0.1) is 0 Å². The second-order valence-corrected chi connectivity index (χ2v) is 5.71. The lowest BCUT2D eigenvalue weighted by Gasteiger charge is -2.02. The zero-order valence-corrected chi connectivity index (χ0v) is 14.9. The molecule has 0 amide bonds. The van der Waals surface area contributed by atoms with E-state index in [1.54, 1.807) is 0 Å². The van der Waals surface area contributed by atoms with Gasteiger partial charge in [-0.05, 0) is 59.9 Å². The van der Waals surface area contributed by atoms with Crippen LogP contribution in [0.15, 0.2) is 49.1 Å². The third kappa shape index (κ3) is 3.49. The molecular weight excluding hydrogens is 335 g/mol. The summed E-state index contributed by atoms with van der Waals surface area (Å²) in [6, 6.07) is 8.32. The van der Waals surface area contributed by atoms with Crippen molar-refractivity contribution in [2.24, 2.45) is 0 Å². The molecular formula is C17H18Cl2N2S. The molecule has 0 atom stereocenters. The summed E-state index contributed by atoms with van der Waals surface area (Å²) >= 11 is 1.86. The Morgan fingerprint density at radius 3 is 1.73 bits per heavy atom. The summed E-state index contributed by atoms with van der Waals surface area (Å²) in [6.45, 7) is 4.44. The van der Waals surface area contributed by atoms with Crippen LogP contribution in [0, 0.1) is 6.92 Å². The molecule has 3 aromatic heterocycles. The molecule has 3 heterocycles. The predicted octanol–water partition coefficient (Wildman–Crippen LogP) is 5.59. The standard InChI is InChI=1S/C17H16N2S.2ClH/c1-3-15-12(2)16(13-4-8-18-9-5-13)20-17(15)14-6-10-19-11-7-14;;/h4-11H,3H2,1-2H3;2*1H. The predicted molar refractivity (Wildman–Crippen MR) is 99.4 cm³/mol. The first-order valence-corrected chi connectivity index (χ1v) is 7.56. The molecule has 0 spiro atoms. The second-order valence-electron chi connectivity index (χ2n) is 4.69. The molecule has 0 unspecified atom stereocenters. The van der Waals surface area contributed by atoms with Gasteiger partial charge in [-0.1, -0.05) is 6.92 Å². The van der Waals surface area contributed by atoms with Crippen LogP contribution < -0.4 is 0 Å². The Kier molecular flexibility index (Phi) is 7.01. The van der Waals surface area contributed by atoms with Crippen molar-refractivity contribution in [3.8, 4) is 20.9 Å². The SMILES string of the molecule is CCc1c(-c2ccncc2)sc(-c2ccncc2)c1C.Cl.Cl. The van der Waals surface area contributed by atoms with Gasteiger partial charge in [0.1, 0.15) is 0 Å². The van der Waals surface area contributed by atoms with Gasteiger partial charge in [0, 0.05) is 34.5 Å². The molecule has 116 valence electrons. The summed E-state index contributed by atoms with van der Waals surface area (Å²) in [5.74, 6) is 0. The maximum atomic E-state index is 4.11. The molecule has 0 saturated carbocycles. The Bertz CT molecular complexity index is 712. The normalized spacial score (nSPS) is 9.73. The van der Waals surface area contributed by atoms with Crippen molar-refractivity contribution in [1.29, 1.82) is 0 Å². The average molecular weight is 353 g/mol. The zero-order chi connectivity index (χ0) is 13.9. The highest BCUT2D eigenvalue weighted by Crippen LogP contribution is 2.41. The van der Waals surface area contributed by atoms with Gasteiger partial charge in [0.15, 0.2) is 0 Å². The first-order valence-electron chi connectivity index (χ1n) is 6.74. The van der Waals surface area contributed by atoms with Gasteiger partial charge >= 0.3 is 0 Å². The smallest absolute Gasteiger partial charge is 0.0385 e. The molecule has 0 N–H and O–H groups in total. The number of hydrogen-bond acceptors (Lipinski definition) is 3. The molecule has 22 heavy (non-hydrogen) atoms. The summed E-state index contributed by atoms with van der Waals surface area (Å²) in [4.78, 5) is 10.9.